The number of anilines is 1. The Morgan fingerprint density at radius 2 is 1.86 bits per heavy atom. The van der Waals surface area contributed by atoms with Gasteiger partial charge >= 0.3 is 6.18 Å². The molecule has 8 nitrogen and oxygen atoms in total. The molecule has 1 amide bonds. The van der Waals surface area contributed by atoms with Gasteiger partial charge in [-0.1, -0.05) is 6.07 Å². The molecule has 5 rings (SSSR count). The number of alkyl halides is 3. The Balaban J connectivity index is 1.40. The molecule has 5 heterocycles. The molecule has 0 spiro atoms. The Morgan fingerprint density at radius 3 is 2.47 bits per heavy atom. The molecular formula is C25H29F3N6O2. The summed E-state index contributed by atoms with van der Waals surface area (Å²) in [5.41, 5.74) is -0.595. The summed E-state index contributed by atoms with van der Waals surface area (Å²) in [6.07, 6.45) is 0.908. The van der Waals surface area contributed by atoms with E-state index in [0.717, 1.165) is 56.8 Å². The molecule has 0 saturated carbocycles. The van der Waals surface area contributed by atoms with Gasteiger partial charge in [0.15, 0.2) is 0 Å². The quantitative estimate of drug-likeness (QED) is 0.495. The van der Waals surface area contributed by atoms with Crippen molar-refractivity contribution < 1.29 is 23.1 Å². The van der Waals surface area contributed by atoms with Crippen LogP contribution in [0.4, 0.5) is 18.9 Å². The molecule has 0 radical (unpaired) electrons. The number of carbonyl (C=O) groups is 1. The summed E-state index contributed by atoms with van der Waals surface area (Å²) in [7, 11) is 0. The highest BCUT2D eigenvalue weighted by atomic mass is 19.4. The number of pyridine rings is 2. The predicted molar refractivity (Wildman–Crippen MR) is 128 cm³/mol. The lowest BCUT2D eigenvalue weighted by molar-refractivity contribution is -0.141. The fourth-order valence-corrected chi connectivity index (χ4v) is 4.85. The van der Waals surface area contributed by atoms with Crippen molar-refractivity contribution in [3.05, 3.63) is 59.3 Å². The molecule has 2 aliphatic rings. The van der Waals surface area contributed by atoms with Crippen LogP contribution >= 0.6 is 0 Å². The Labute approximate surface area is 206 Å². The number of amides is 1. The van der Waals surface area contributed by atoms with E-state index in [1.165, 1.54) is 6.07 Å². The van der Waals surface area contributed by atoms with Gasteiger partial charge in [0.05, 0.1) is 17.0 Å². The molecule has 36 heavy (non-hydrogen) atoms. The van der Waals surface area contributed by atoms with Crippen molar-refractivity contribution in [1.82, 2.24) is 24.6 Å². The van der Waals surface area contributed by atoms with Crippen LogP contribution in [0, 0.1) is 0 Å². The molecule has 0 bridgehead atoms. The maximum atomic E-state index is 13.0. The number of nitrogens with one attached hydrogen (secondary N) is 2. The first-order valence-corrected chi connectivity index (χ1v) is 12.0. The standard InChI is InChI=1S/C25H29F3N6O2/c1-24(2,36)17-10-22-31-19(15-6-8-33(9-7-15)16-11-29-12-16)13-34(22)14-20(17)32-23(35)18-4-3-5-21(30-18)25(26,27)28/h3-5,10,13-16,29,36H,6-9,11-12H2,1-2H3,(H,32,35). The number of likely N-dealkylation sites (tertiary alicyclic amines) is 1. The van der Waals surface area contributed by atoms with Gasteiger partial charge in [-0.25, -0.2) is 9.97 Å². The molecule has 0 unspecified atom stereocenters. The van der Waals surface area contributed by atoms with Gasteiger partial charge in [-0.2, -0.15) is 13.2 Å². The summed E-state index contributed by atoms with van der Waals surface area (Å²) >= 11 is 0. The molecule has 11 heteroatoms. The zero-order valence-electron chi connectivity index (χ0n) is 20.1. The monoisotopic (exact) mass is 502 g/mol. The normalized spacial score (nSPS) is 18.4. The third kappa shape index (κ3) is 4.95. The number of aliphatic hydroxyl groups is 1. The Hall–Kier alpha value is -3.02. The lowest BCUT2D eigenvalue weighted by Crippen LogP contribution is -2.58. The summed E-state index contributed by atoms with van der Waals surface area (Å²) in [5, 5.41) is 16.7. The Morgan fingerprint density at radius 1 is 1.14 bits per heavy atom. The van der Waals surface area contributed by atoms with E-state index in [1.807, 2.05) is 6.20 Å². The van der Waals surface area contributed by atoms with Crippen LogP contribution in [0.2, 0.25) is 0 Å². The van der Waals surface area contributed by atoms with E-state index in [-0.39, 0.29) is 11.4 Å². The van der Waals surface area contributed by atoms with Crippen molar-refractivity contribution in [3.63, 3.8) is 0 Å². The van der Waals surface area contributed by atoms with Crippen molar-refractivity contribution in [2.45, 2.75) is 50.4 Å². The second kappa shape index (κ2) is 9.13. The number of carbonyl (C=O) groups excluding carboxylic acids is 1. The average Bonchev–Trinajstić information content (AvgIpc) is 3.20. The number of halogens is 3. The molecular weight excluding hydrogens is 473 g/mol. The molecule has 3 aromatic rings. The van der Waals surface area contributed by atoms with Crippen LogP contribution in [0.25, 0.3) is 5.65 Å². The van der Waals surface area contributed by atoms with Crippen molar-refractivity contribution in [3.8, 4) is 0 Å². The van der Waals surface area contributed by atoms with Gasteiger partial charge in [-0.05, 0) is 58.0 Å². The van der Waals surface area contributed by atoms with E-state index in [1.54, 1.807) is 30.5 Å². The van der Waals surface area contributed by atoms with Gasteiger partial charge in [0.1, 0.15) is 17.0 Å². The van der Waals surface area contributed by atoms with E-state index in [2.05, 4.69) is 20.5 Å². The summed E-state index contributed by atoms with van der Waals surface area (Å²) in [5.74, 6) is -0.490. The molecule has 192 valence electrons. The van der Waals surface area contributed by atoms with Crippen molar-refractivity contribution in [2.75, 3.05) is 31.5 Å². The Bertz CT molecular complexity index is 1270. The summed E-state index contributed by atoms with van der Waals surface area (Å²) in [4.78, 5) is 23.6. The average molecular weight is 503 g/mol. The van der Waals surface area contributed by atoms with Gasteiger partial charge in [0.25, 0.3) is 5.91 Å². The van der Waals surface area contributed by atoms with Crippen LogP contribution in [0.1, 0.15) is 60.0 Å². The number of fused-ring (bicyclic) bond motifs is 1. The number of piperidine rings is 1. The first-order chi connectivity index (χ1) is 17.0. The van der Waals surface area contributed by atoms with E-state index in [9.17, 15) is 23.1 Å². The Kier molecular flexibility index (Phi) is 6.26. The SMILES string of the molecule is CC(C)(O)c1cc2nc(C3CCN(C4CNC4)CC3)cn2cc1NC(=O)c1cccc(C(F)(F)F)n1. The molecule has 3 N–H and O–H groups in total. The van der Waals surface area contributed by atoms with Crippen molar-refractivity contribution >= 4 is 17.2 Å². The highest BCUT2D eigenvalue weighted by Gasteiger charge is 2.33. The highest BCUT2D eigenvalue weighted by molar-refractivity contribution is 6.03. The maximum absolute atomic E-state index is 13.0. The van der Waals surface area contributed by atoms with Crippen molar-refractivity contribution in [1.29, 1.82) is 0 Å². The van der Waals surface area contributed by atoms with Crippen LogP contribution in [-0.2, 0) is 11.8 Å². The summed E-state index contributed by atoms with van der Waals surface area (Å²) < 4.78 is 40.9. The smallest absolute Gasteiger partial charge is 0.386 e. The number of imidazole rings is 1. The molecule has 3 aromatic heterocycles. The summed E-state index contributed by atoms with van der Waals surface area (Å²) in [6, 6.07) is 5.49. The maximum Gasteiger partial charge on any atom is 0.433 e. The van der Waals surface area contributed by atoms with Crippen LogP contribution in [0.3, 0.4) is 0 Å². The summed E-state index contributed by atoms with van der Waals surface area (Å²) in [6.45, 7) is 7.28. The first-order valence-electron chi connectivity index (χ1n) is 12.0. The molecule has 2 aliphatic heterocycles. The van der Waals surface area contributed by atoms with E-state index in [4.69, 9.17) is 4.98 Å². The fraction of sp³-hybridized carbons (Fsp3) is 0.480. The topological polar surface area (TPSA) is 94.8 Å². The van der Waals surface area contributed by atoms with Crippen LogP contribution in [-0.4, -0.2) is 62.5 Å². The number of rotatable bonds is 5. The predicted octanol–water partition coefficient (Wildman–Crippen LogP) is 3.38. The number of hydrogen-bond donors (Lipinski definition) is 3. The largest absolute Gasteiger partial charge is 0.433 e. The minimum absolute atomic E-state index is 0.274. The number of nitrogens with zero attached hydrogens (tertiary/aromatic N) is 4. The second-order valence-electron chi connectivity index (χ2n) is 10.1. The van der Waals surface area contributed by atoms with E-state index in [0.29, 0.717) is 23.2 Å². The van der Waals surface area contributed by atoms with Crippen LogP contribution < -0.4 is 10.6 Å². The van der Waals surface area contributed by atoms with E-state index >= 15 is 0 Å². The van der Waals surface area contributed by atoms with Crippen LogP contribution in [0.5, 0.6) is 0 Å². The molecule has 0 atom stereocenters. The van der Waals surface area contributed by atoms with Gasteiger partial charge in [-0.15, -0.1) is 0 Å². The molecule has 2 saturated heterocycles. The van der Waals surface area contributed by atoms with Gasteiger partial charge in [0.2, 0.25) is 0 Å². The third-order valence-corrected chi connectivity index (χ3v) is 7.01. The lowest BCUT2D eigenvalue weighted by atomic mass is 9.92. The number of hydrogen-bond acceptors (Lipinski definition) is 6. The first kappa shape index (κ1) is 24.7. The molecule has 0 aromatic carbocycles. The second-order valence-corrected chi connectivity index (χ2v) is 10.1. The fourth-order valence-electron chi connectivity index (χ4n) is 4.85. The number of aromatic nitrogens is 3. The lowest BCUT2D eigenvalue weighted by Gasteiger charge is -2.41. The van der Waals surface area contributed by atoms with Gasteiger partial charge in [0, 0.05) is 43.0 Å². The van der Waals surface area contributed by atoms with Crippen molar-refractivity contribution in [2.24, 2.45) is 0 Å². The van der Waals surface area contributed by atoms with E-state index < -0.39 is 23.4 Å². The molecule has 2 fully saturated rings. The van der Waals surface area contributed by atoms with Gasteiger partial charge in [-0.3, -0.25) is 9.69 Å². The third-order valence-electron chi connectivity index (χ3n) is 7.01. The minimum atomic E-state index is -4.66. The zero-order chi connectivity index (χ0) is 25.7. The zero-order valence-corrected chi connectivity index (χ0v) is 20.1. The van der Waals surface area contributed by atoms with Gasteiger partial charge < -0.3 is 20.1 Å². The highest BCUT2D eigenvalue weighted by Crippen LogP contribution is 2.33. The minimum Gasteiger partial charge on any atom is -0.386 e. The molecule has 0 aliphatic carbocycles. The van der Waals surface area contributed by atoms with Crippen LogP contribution in [0.15, 0.2) is 36.7 Å².